The van der Waals surface area contributed by atoms with Crippen molar-refractivity contribution in [1.82, 2.24) is 19.9 Å². The van der Waals surface area contributed by atoms with Gasteiger partial charge in [-0.1, -0.05) is 24.4 Å². The lowest BCUT2D eigenvalue weighted by Gasteiger charge is -2.36. The van der Waals surface area contributed by atoms with Crippen molar-refractivity contribution in [3.63, 3.8) is 0 Å². The minimum absolute atomic E-state index is 0.0762. The van der Waals surface area contributed by atoms with Crippen molar-refractivity contribution in [1.29, 1.82) is 0 Å². The molecule has 0 bridgehead atoms. The van der Waals surface area contributed by atoms with Crippen LogP contribution in [0.1, 0.15) is 19.8 Å². The van der Waals surface area contributed by atoms with Crippen molar-refractivity contribution in [3.05, 3.63) is 23.2 Å². The summed E-state index contributed by atoms with van der Waals surface area (Å²) in [6.45, 7) is 3.25. The van der Waals surface area contributed by atoms with E-state index in [9.17, 15) is 4.79 Å². The van der Waals surface area contributed by atoms with Gasteiger partial charge in [0.15, 0.2) is 5.65 Å². The third-order valence-corrected chi connectivity index (χ3v) is 6.22. The summed E-state index contributed by atoms with van der Waals surface area (Å²) >= 11 is 8.97. The monoisotopic (exact) mass is 527 g/mol. The second-order valence-electron chi connectivity index (χ2n) is 6.71. The topological polar surface area (TPSA) is 93.2 Å². The molecule has 1 N–H and O–H groups in total. The molecule has 0 amide bonds. The Hall–Kier alpha value is -2.14. The van der Waals surface area contributed by atoms with Crippen LogP contribution in [0, 0.1) is 0 Å². The van der Waals surface area contributed by atoms with Gasteiger partial charge in [0.05, 0.1) is 28.9 Å². The van der Waals surface area contributed by atoms with E-state index >= 15 is 0 Å². The molecule has 1 fully saturated rings. The summed E-state index contributed by atoms with van der Waals surface area (Å²) in [5.74, 6) is 0.857. The lowest BCUT2D eigenvalue weighted by molar-refractivity contribution is -0.423. The molecule has 1 radical (unpaired) electrons. The summed E-state index contributed by atoms with van der Waals surface area (Å²) in [6.07, 6.45) is 2.28. The number of carbonyl (C=O) groups is 1. The molecule has 0 atom stereocenters. The highest BCUT2D eigenvalue weighted by Crippen LogP contribution is 2.35. The van der Waals surface area contributed by atoms with E-state index < -0.39 is 5.97 Å². The van der Waals surface area contributed by atoms with Crippen LogP contribution < -0.4 is 37.0 Å². The van der Waals surface area contributed by atoms with Gasteiger partial charge in [-0.3, -0.25) is 4.79 Å². The summed E-state index contributed by atoms with van der Waals surface area (Å²) in [5, 5.41) is 0.411. The van der Waals surface area contributed by atoms with E-state index in [4.69, 9.17) is 21.1 Å². The zero-order chi connectivity index (χ0) is 20.5. The number of ether oxygens (including phenoxy) is 2. The van der Waals surface area contributed by atoms with Crippen LogP contribution >= 0.6 is 11.6 Å². The summed E-state index contributed by atoms with van der Waals surface area (Å²) in [4.78, 5) is 29.7. The number of H-pyrrole nitrogens is 1. The number of hydrogen-bond donors (Lipinski definition) is 1. The molecule has 1 saturated heterocycles. The van der Waals surface area contributed by atoms with Gasteiger partial charge in [-0.15, -0.1) is 0 Å². The highest BCUT2D eigenvalue weighted by Gasteiger charge is 2.20. The molecule has 0 unspecified atom stereocenters. The van der Waals surface area contributed by atoms with Crippen molar-refractivity contribution in [2.45, 2.75) is 23.7 Å². The number of nitrogens with one attached hydrogen (secondary N) is 1. The molecule has 10 heteroatoms. The fourth-order valence-electron chi connectivity index (χ4n) is 3.29. The molecule has 4 heterocycles. The third-order valence-electron chi connectivity index (χ3n) is 4.69. The highest BCUT2D eigenvalue weighted by atomic mass is 127. The second-order valence-corrected chi connectivity index (χ2v) is 8.88. The average molecular weight is 528 g/mol. The summed E-state index contributed by atoms with van der Waals surface area (Å²) in [5.41, 5.74) is 2.13. The number of hydrogen-bond acceptors (Lipinski definition) is 7. The van der Waals surface area contributed by atoms with Gasteiger partial charge in [0.1, 0.15) is 5.82 Å². The quantitative estimate of drug-likeness (QED) is 0.293. The first-order valence-electron chi connectivity index (χ1n) is 9.13. The Labute approximate surface area is 186 Å². The van der Waals surface area contributed by atoms with Gasteiger partial charge in [0, 0.05) is 20.0 Å². The molecule has 1 aliphatic rings. The number of pyridine rings is 2. The normalized spacial score (nSPS) is 15.0. The van der Waals surface area contributed by atoms with Crippen LogP contribution in [0.2, 0.25) is 5.02 Å². The number of alkyl halides is 1. The first-order chi connectivity index (χ1) is 13.9. The SMILES string of the molecule is COc1nc(N2CCC([I-])CC2)ccc1-c1nc2nc(OC(C)=O)[nH]c2cc1Cl. The smallest absolute Gasteiger partial charge is 0.310 e. The number of fused-ring (bicyclic) bond motifs is 1. The number of anilines is 1. The molecule has 3 aromatic heterocycles. The molecule has 4 rings (SSSR count). The van der Waals surface area contributed by atoms with E-state index in [2.05, 4.69) is 47.4 Å². The molecule has 3 aromatic rings. The minimum Gasteiger partial charge on any atom is -0.793 e. The fraction of sp³-hybridized carbons (Fsp3) is 0.368. The number of halogens is 2. The molecule has 1 aliphatic heterocycles. The molecule has 0 saturated carbocycles. The largest absolute Gasteiger partial charge is 0.793 e. The van der Waals surface area contributed by atoms with E-state index in [1.54, 1.807) is 13.2 Å². The van der Waals surface area contributed by atoms with Crippen LogP contribution in [0.4, 0.5) is 5.82 Å². The van der Waals surface area contributed by atoms with E-state index in [0.29, 0.717) is 37.2 Å². The molecular weight excluding hydrogens is 509 g/mol. The number of aromatic nitrogens is 4. The van der Waals surface area contributed by atoms with E-state index in [1.165, 1.54) is 6.92 Å². The van der Waals surface area contributed by atoms with E-state index in [1.807, 2.05) is 12.1 Å². The minimum atomic E-state index is -0.469. The maximum atomic E-state index is 11.2. The lowest BCUT2D eigenvalue weighted by atomic mass is 10.1. The zero-order valence-electron chi connectivity index (χ0n) is 15.9. The molecular formula is C19H19ClIN5O3-. The number of nitrogens with zero attached hydrogens (tertiary/aromatic N) is 4. The summed E-state index contributed by atoms with van der Waals surface area (Å²) in [7, 11) is 1.58. The van der Waals surface area contributed by atoms with Crippen LogP contribution in [0.25, 0.3) is 22.4 Å². The summed E-state index contributed by atoms with van der Waals surface area (Å²) < 4.78 is 11.2. The number of esters is 1. The Bertz CT molecular complexity index is 1070. The Morgan fingerprint density at radius 3 is 2.72 bits per heavy atom. The van der Waals surface area contributed by atoms with Gasteiger partial charge in [-0.05, 0) is 18.2 Å². The van der Waals surface area contributed by atoms with Gasteiger partial charge in [0.25, 0.3) is 0 Å². The zero-order valence-corrected chi connectivity index (χ0v) is 18.8. The maximum Gasteiger partial charge on any atom is 0.310 e. The van der Waals surface area contributed by atoms with Crippen molar-refractivity contribution < 1.29 is 36.9 Å². The number of carbonyl (C=O) groups excluding carboxylic acids is 1. The first-order valence-corrected chi connectivity index (χ1v) is 10.8. The predicted molar refractivity (Wildman–Crippen MR) is 105 cm³/mol. The van der Waals surface area contributed by atoms with E-state index in [0.717, 1.165) is 31.7 Å². The number of imidazole rings is 1. The van der Waals surface area contributed by atoms with E-state index in [-0.39, 0.29) is 6.01 Å². The third kappa shape index (κ3) is 4.25. The Morgan fingerprint density at radius 1 is 1.28 bits per heavy atom. The lowest BCUT2D eigenvalue weighted by Crippen LogP contribution is -3.39. The first kappa shape index (κ1) is 20.1. The molecule has 0 spiro atoms. The number of piperidine rings is 1. The second kappa shape index (κ2) is 8.31. The van der Waals surface area contributed by atoms with Gasteiger partial charge in [-0.2, -0.15) is 13.9 Å². The Balaban J connectivity index is 1.70. The number of rotatable bonds is 4. The highest BCUT2D eigenvalue weighted by molar-refractivity contribution is 6.33. The maximum absolute atomic E-state index is 11.2. The standard InChI is InChI=1S/C19H19ClIN5O3/c1-10(27)29-19-22-14-9-13(20)16(24-17(14)25-19)12-3-4-15(23-18(12)28-2)26-7-5-11(21)6-8-26/h3-4,9,11H,5-8H2,1-2H3,(H,22,24,25)/q-1. The van der Waals surface area contributed by atoms with Crippen molar-refractivity contribution >= 4 is 34.6 Å². The predicted octanol–water partition coefficient (Wildman–Crippen LogP) is 0.129. The molecule has 0 aliphatic carbocycles. The molecule has 29 heavy (non-hydrogen) atoms. The summed E-state index contributed by atoms with van der Waals surface area (Å²) in [6, 6.07) is 5.64. The van der Waals surface area contributed by atoms with Gasteiger partial charge in [0.2, 0.25) is 5.88 Å². The number of aromatic amines is 1. The van der Waals surface area contributed by atoms with Crippen LogP contribution in [0.3, 0.4) is 0 Å². The molecule has 0 aromatic carbocycles. The number of methoxy groups -OCH3 is 1. The van der Waals surface area contributed by atoms with Crippen LogP contribution in [-0.2, 0) is 4.79 Å². The Kier molecular flexibility index (Phi) is 5.77. The Morgan fingerprint density at radius 2 is 2.03 bits per heavy atom. The molecule has 8 nitrogen and oxygen atoms in total. The van der Waals surface area contributed by atoms with Crippen LogP contribution in [0.5, 0.6) is 11.9 Å². The van der Waals surface area contributed by atoms with Crippen molar-refractivity contribution in [2.24, 2.45) is 0 Å². The van der Waals surface area contributed by atoms with Crippen LogP contribution in [-0.4, -0.2) is 50.0 Å². The fourth-order valence-corrected chi connectivity index (χ4v) is 4.10. The van der Waals surface area contributed by atoms with Gasteiger partial charge >= 0.3 is 12.0 Å². The van der Waals surface area contributed by atoms with Crippen molar-refractivity contribution in [2.75, 3.05) is 25.1 Å². The van der Waals surface area contributed by atoms with Gasteiger partial charge in [-0.25, -0.2) is 4.98 Å². The van der Waals surface area contributed by atoms with Crippen molar-refractivity contribution in [3.8, 4) is 23.1 Å². The average Bonchev–Trinajstić information content (AvgIpc) is 3.07. The van der Waals surface area contributed by atoms with Crippen LogP contribution in [0.15, 0.2) is 18.2 Å². The molecule has 153 valence electrons. The van der Waals surface area contributed by atoms with Gasteiger partial charge < -0.3 is 41.9 Å².